The van der Waals surface area contributed by atoms with Gasteiger partial charge in [0.15, 0.2) is 0 Å². The molecule has 1 aliphatic heterocycles. The first-order valence-electron chi connectivity index (χ1n) is 9.48. The summed E-state index contributed by atoms with van der Waals surface area (Å²) in [6.07, 6.45) is 0.0986. The Morgan fingerprint density at radius 1 is 1.10 bits per heavy atom. The van der Waals surface area contributed by atoms with Crippen LogP contribution in [0.4, 0.5) is 11.5 Å². The lowest BCUT2D eigenvalue weighted by Gasteiger charge is -2.12. The molecule has 2 aromatic carbocycles. The molecule has 1 aliphatic rings. The van der Waals surface area contributed by atoms with Crippen molar-refractivity contribution >= 4 is 44.9 Å². The molecule has 10 heteroatoms. The summed E-state index contributed by atoms with van der Waals surface area (Å²) in [5.74, 6) is -0.399. The third kappa shape index (κ3) is 4.06. The minimum Gasteiger partial charge on any atom is -0.310 e. The molecule has 2 heterocycles. The van der Waals surface area contributed by atoms with E-state index >= 15 is 0 Å². The lowest BCUT2D eigenvalue weighted by Crippen LogP contribution is -2.14. The number of anilines is 2. The molecule has 0 fully saturated rings. The Balaban J connectivity index is 1.81. The van der Waals surface area contributed by atoms with E-state index in [0.29, 0.717) is 22.5 Å². The van der Waals surface area contributed by atoms with Crippen molar-refractivity contribution in [2.24, 2.45) is 0 Å². The predicted molar refractivity (Wildman–Crippen MR) is 118 cm³/mol. The van der Waals surface area contributed by atoms with Gasteiger partial charge in [0.2, 0.25) is 11.8 Å². The SMILES string of the molecule is Cc1cccc(NS(=O)(=O)c2cc(-c3c(C)nn4c3NC(=O)CCC4=O)ccc2Cl)c1. The number of amides is 1. The van der Waals surface area contributed by atoms with Crippen LogP contribution in [-0.2, 0) is 14.8 Å². The van der Waals surface area contributed by atoms with Gasteiger partial charge < -0.3 is 5.32 Å². The first kappa shape index (κ1) is 21.1. The molecule has 1 amide bonds. The molecule has 160 valence electrons. The van der Waals surface area contributed by atoms with Crippen molar-refractivity contribution < 1.29 is 18.0 Å². The number of carbonyl (C=O) groups is 2. The van der Waals surface area contributed by atoms with Crippen LogP contribution in [0.15, 0.2) is 47.4 Å². The highest BCUT2D eigenvalue weighted by atomic mass is 35.5. The summed E-state index contributed by atoms with van der Waals surface area (Å²) < 4.78 is 29.8. The number of benzene rings is 2. The van der Waals surface area contributed by atoms with Crippen LogP contribution in [0.25, 0.3) is 11.1 Å². The monoisotopic (exact) mass is 458 g/mol. The van der Waals surface area contributed by atoms with Gasteiger partial charge in [-0.15, -0.1) is 0 Å². The molecule has 1 aromatic heterocycles. The molecule has 0 aliphatic carbocycles. The van der Waals surface area contributed by atoms with Gasteiger partial charge in [-0.05, 0) is 49.2 Å². The van der Waals surface area contributed by atoms with Gasteiger partial charge in [-0.1, -0.05) is 29.8 Å². The third-order valence-electron chi connectivity index (χ3n) is 4.90. The molecule has 0 saturated heterocycles. The summed E-state index contributed by atoms with van der Waals surface area (Å²) in [5, 5.41) is 6.99. The van der Waals surface area contributed by atoms with Gasteiger partial charge in [0, 0.05) is 24.1 Å². The maximum absolute atomic E-state index is 13.0. The fraction of sp³-hybridized carbons (Fsp3) is 0.190. The largest absolute Gasteiger partial charge is 0.310 e. The summed E-state index contributed by atoms with van der Waals surface area (Å²) in [4.78, 5) is 24.3. The summed E-state index contributed by atoms with van der Waals surface area (Å²) in [7, 11) is -4.00. The van der Waals surface area contributed by atoms with Gasteiger partial charge in [0.05, 0.1) is 10.7 Å². The maximum atomic E-state index is 13.0. The average Bonchev–Trinajstić information content (AvgIpc) is 2.95. The van der Waals surface area contributed by atoms with Crippen LogP contribution < -0.4 is 10.0 Å². The molecule has 31 heavy (non-hydrogen) atoms. The summed E-state index contributed by atoms with van der Waals surface area (Å²) in [5.41, 5.74) is 2.71. The number of carbonyl (C=O) groups excluding carboxylic acids is 2. The van der Waals surface area contributed by atoms with Crippen molar-refractivity contribution in [3.8, 4) is 11.1 Å². The number of fused-ring (bicyclic) bond motifs is 1. The van der Waals surface area contributed by atoms with Crippen molar-refractivity contribution in [3.05, 3.63) is 58.7 Å². The summed E-state index contributed by atoms with van der Waals surface area (Å²) >= 11 is 6.23. The smallest absolute Gasteiger partial charge is 0.263 e. The standard InChI is InChI=1S/C21H19ClN4O4S/c1-12-4-3-5-15(10-12)25-31(29,30)17-11-14(6-7-16(17)22)20-13(2)24-26-19(28)9-8-18(27)23-21(20)26/h3-7,10-11,25H,8-9H2,1-2H3,(H,23,27). The van der Waals surface area contributed by atoms with E-state index in [1.807, 2.05) is 13.0 Å². The second-order valence-corrected chi connectivity index (χ2v) is 9.34. The van der Waals surface area contributed by atoms with E-state index in [0.717, 1.165) is 10.2 Å². The molecule has 0 radical (unpaired) electrons. The molecule has 4 rings (SSSR count). The second-order valence-electron chi connectivity index (χ2n) is 7.28. The topological polar surface area (TPSA) is 110 Å². The zero-order valence-electron chi connectivity index (χ0n) is 16.8. The fourth-order valence-corrected chi connectivity index (χ4v) is 5.05. The van der Waals surface area contributed by atoms with Crippen LogP contribution in [-0.4, -0.2) is 30.0 Å². The molecular formula is C21H19ClN4O4S. The number of halogens is 1. The number of nitrogens with one attached hydrogen (secondary N) is 2. The number of aryl methyl sites for hydroxylation is 2. The zero-order chi connectivity index (χ0) is 22.3. The molecular weight excluding hydrogens is 440 g/mol. The van der Waals surface area contributed by atoms with Gasteiger partial charge in [-0.3, -0.25) is 14.3 Å². The molecule has 0 spiro atoms. The van der Waals surface area contributed by atoms with Crippen molar-refractivity contribution in [1.29, 1.82) is 0 Å². The van der Waals surface area contributed by atoms with Crippen LogP contribution in [0.2, 0.25) is 5.02 Å². The molecule has 3 aromatic rings. The number of hydrogen-bond donors (Lipinski definition) is 2. The highest BCUT2D eigenvalue weighted by Gasteiger charge is 2.27. The molecule has 2 N–H and O–H groups in total. The molecule has 8 nitrogen and oxygen atoms in total. The first-order chi connectivity index (χ1) is 14.7. The Bertz CT molecular complexity index is 1330. The van der Waals surface area contributed by atoms with Gasteiger partial charge >= 0.3 is 0 Å². The predicted octanol–water partition coefficient (Wildman–Crippen LogP) is 3.99. The van der Waals surface area contributed by atoms with E-state index in [-0.39, 0.29) is 40.4 Å². The minimum absolute atomic E-state index is 0.0416. The molecule has 0 atom stereocenters. The van der Waals surface area contributed by atoms with E-state index in [9.17, 15) is 18.0 Å². The van der Waals surface area contributed by atoms with Crippen molar-refractivity contribution in [2.45, 2.75) is 31.6 Å². The Hall–Kier alpha value is -3.17. The first-order valence-corrected chi connectivity index (χ1v) is 11.3. The van der Waals surface area contributed by atoms with Crippen molar-refractivity contribution in [1.82, 2.24) is 9.78 Å². The molecule has 0 unspecified atom stereocenters. The quantitative estimate of drug-likeness (QED) is 0.614. The zero-order valence-corrected chi connectivity index (χ0v) is 18.3. The van der Waals surface area contributed by atoms with Crippen LogP contribution in [0.5, 0.6) is 0 Å². The van der Waals surface area contributed by atoms with Gasteiger partial charge in [-0.2, -0.15) is 9.78 Å². The highest BCUT2D eigenvalue weighted by molar-refractivity contribution is 7.92. The maximum Gasteiger partial charge on any atom is 0.263 e. The number of hydrogen-bond acceptors (Lipinski definition) is 5. The third-order valence-corrected chi connectivity index (χ3v) is 6.76. The minimum atomic E-state index is -4.00. The van der Waals surface area contributed by atoms with E-state index in [4.69, 9.17) is 11.6 Å². The average molecular weight is 459 g/mol. The number of sulfonamides is 1. The summed E-state index contributed by atoms with van der Waals surface area (Å²) in [6, 6.07) is 11.5. The van der Waals surface area contributed by atoms with E-state index in [1.54, 1.807) is 31.2 Å². The lowest BCUT2D eigenvalue weighted by molar-refractivity contribution is -0.116. The van der Waals surface area contributed by atoms with Gasteiger partial charge in [0.25, 0.3) is 10.0 Å². The fourth-order valence-electron chi connectivity index (χ4n) is 3.47. The van der Waals surface area contributed by atoms with E-state index in [2.05, 4.69) is 15.1 Å². The van der Waals surface area contributed by atoms with Crippen molar-refractivity contribution in [3.63, 3.8) is 0 Å². The van der Waals surface area contributed by atoms with E-state index in [1.165, 1.54) is 12.1 Å². The number of rotatable bonds is 4. The number of aromatic nitrogens is 2. The van der Waals surface area contributed by atoms with Gasteiger partial charge in [0.1, 0.15) is 10.7 Å². The molecule has 0 saturated carbocycles. The lowest BCUT2D eigenvalue weighted by atomic mass is 10.1. The molecule has 0 bridgehead atoms. The Labute approximate surface area is 184 Å². The van der Waals surface area contributed by atoms with Crippen molar-refractivity contribution in [2.75, 3.05) is 10.0 Å². The Morgan fingerprint density at radius 3 is 2.61 bits per heavy atom. The summed E-state index contributed by atoms with van der Waals surface area (Å²) in [6.45, 7) is 3.54. The second kappa shape index (κ2) is 7.82. The Kier molecular flexibility index (Phi) is 5.32. The van der Waals surface area contributed by atoms with E-state index < -0.39 is 10.0 Å². The Morgan fingerprint density at radius 2 is 1.87 bits per heavy atom. The van der Waals surface area contributed by atoms with Crippen LogP contribution in [0, 0.1) is 13.8 Å². The van der Waals surface area contributed by atoms with Crippen LogP contribution >= 0.6 is 11.6 Å². The number of nitrogens with zero attached hydrogens (tertiary/aromatic N) is 2. The normalized spacial score (nSPS) is 14.0. The van der Waals surface area contributed by atoms with Crippen LogP contribution in [0.1, 0.15) is 28.9 Å². The highest BCUT2D eigenvalue weighted by Crippen LogP contribution is 2.36. The van der Waals surface area contributed by atoms with Gasteiger partial charge in [-0.25, -0.2) is 8.42 Å². The van der Waals surface area contributed by atoms with Crippen LogP contribution in [0.3, 0.4) is 0 Å².